The smallest absolute Gasteiger partial charge is 0.262 e. The number of nitrogens with zero attached hydrogens (tertiary/aromatic N) is 4. The summed E-state index contributed by atoms with van der Waals surface area (Å²) in [7, 11) is 3.14. The molecule has 0 aliphatic rings. The van der Waals surface area contributed by atoms with E-state index in [-0.39, 0.29) is 23.6 Å². The first-order valence-corrected chi connectivity index (χ1v) is 7.64. The zero-order chi connectivity index (χ0) is 18.5. The molecule has 0 bridgehead atoms. The van der Waals surface area contributed by atoms with Crippen LogP contribution in [-0.2, 0) is 7.05 Å². The van der Waals surface area contributed by atoms with E-state index in [0.29, 0.717) is 16.8 Å². The summed E-state index contributed by atoms with van der Waals surface area (Å²) in [4.78, 5) is 32.3. The second kappa shape index (κ2) is 7.43. The van der Waals surface area contributed by atoms with Crippen molar-refractivity contribution in [2.75, 3.05) is 17.7 Å². The highest BCUT2D eigenvalue weighted by Crippen LogP contribution is 2.18. The average molecular weight is 352 g/mol. The number of benzene rings is 1. The molecule has 0 atom stereocenters. The first kappa shape index (κ1) is 17.1. The van der Waals surface area contributed by atoms with E-state index in [1.807, 2.05) is 0 Å². The molecule has 2 N–H and O–H groups in total. The molecule has 2 amide bonds. The fourth-order valence-electron chi connectivity index (χ4n) is 2.22. The fourth-order valence-corrected chi connectivity index (χ4v) is 2.22. The Morgan fingerprint density at radius 1 is 1.04 bits per heavy atom. The van der Waals surface area contributed by atoms with Gasteiger partial charge in [-0.1, -0.05) is 0 Å². The van der Waals surface area contributed by atoms with Crippen LogP contribution in [0.2, 0.25) is 0 Å². The van der Waals surface area contributed by atoms with Crippen LogP contribution in [-0.4, -0.2) is 38.7 Å². The SMILES string of the molecule is COc1nn(C)cc1C(=O)Nc1ccc(C(=O)Nc2ncccn2)cc1. The molecule has 0 fully saturated rings. The highest BCUT2D eigenvalue weighted by molar-refractivity contribution is 6.06. The van der Waals surface area contributed by atoms with Crippen molar-refractivity contribution in [3.63, 3.8) is 0 Å². The van der Waals surface area contributed by atoms with Crippen LogP contribution in [0.3, 0.4) is 0 Å². The summed E-state index contributed by atoms with van der Waals surface area (Å²) in [6, 6.07) is 8.09. The van der Waals surface area contributed by atoms with Crippen molar-refractivity contribution >= 4 is 23.5 Å². The Hall–Kier alpha value is -3.75. The summed E-state index contributed by atoms with van der Waals surface area (Å²) in [6.07, 6.45) is 4.64. The molecule has 0 aliphatic carbocycles. The van der Waals surface area contributed by atoms with Gasteiger partial charge in [-0.05, 0) is 30.3 Å². The van der Waals surface area contributed by atoms with Gasteiger partial charge >= 0.3 is 0 Å². The normalized spacial score (nSPS) is 10.2. The lowest BCUT2D eigenvalue weighted by Crippen LogP contribution is -2.15. The van der Waals surface area contributed by atoms with Crippen LogP contribution >= 0.6 is 0 Å². The number of carbonyl (C=O) groups excluding carboxylic acids is 2. The second-order valence-corrected chi connectivity index (χ2v) is 5.28. The Balaban J connectivity index is 1.67. The second-order valence-electron chi connectivity index (χ2n) is 5.28. The number of ether oxygens (including phenoxy) is 1. The molecule has 26 heavy (non-hydrogen) atoms. The molecule has 2 heterocycles. The Morgan fingerprint density at radius 2 is 1.73 bits per heavy atom. The third-order valence-corrected chi connectivity index (χ3v) is 3.43. The number of anilines is 2. The molecular formula is C17H16N6O3. The van der Waals surface area contributed by atoms with Crippen molar-refractivity contribution in [2.45, 2.75) is 0 Å². The quantitative estimate of drug-likeness (QED) is 0.723. The summed E-state index contributed by atoms with van der Waals surface area (Å²) >= 11 is 0. The number of hydrogen-bond acceptors (Lipinski definition) is 6. The predicted octanol–water partition coefficient (Wildman–Crippen LogP) is 1.72. The van der Waals surface area contributed by atoms with Gasteiger partial charge in [0.05, 0.1) is 7.11 Å². The highest BCUT2D eigenvalue weighted by Gasteiger charge is 2.16. The van der Waals surface area contributed by atoms with E-state index in [1.165, 1.54) is 24.2 Å². The number of nitrogens with one attached hydrogen (secondary N) is 2. The van der Waals surface area contributed by atoms with Gasteiger partial charge in [0, 0.05) is 36.9 Å². The van der Waals surface area contributed by atoms with Crippen molar-refractivity contribution in [2.24, 2.45) is 7.05 Å². The molecule has 132 valence electrons. The van der Waals surface area contributed by atoms with E-state index in [1.54, 1.807) is 43.6 Å². The summed E-state index contributed by atoms with van der Waals surface area (Å²) < 4.78 is 6.57. The Bertz CT molecular complexity index is 921. The third-order valence-electron chi connectivity index (χ3n) is 3.43. The van der Waals surface area contributed by atoms with Gasteiger partial charge in [-0.2, -0.15) is 0 Å². The molecule has 0 saturated carbocycles. The number of amides is 2. The number of methoxy groups -OCH3 is 1. The van der Waals surface area contributed by atoms with Crippen LogP contribution in [0.1, 0.15) is 20.7 Å². The maximum Gasteiger partial charge on any atom is 0.262 e. The summed E-state index contributed by atoms with van der Waals surface area (Å²) in [5.74, 6) is -0.241. The lowest BCUT2D eigenvalue weighted by atomic mass is 10.2. The zero-order valence-corrected chi connectivity index (χ0v) is 14.1. The van der Waals surface area contributed by atoms with Crippen molar-refractivity contribution in [3.8, 4) is 5.88 Å². The molecule has 3 rings (SSSR count). The molecule has 0 unspecified atom stereocenters. The van der Waals surface area contributed by atoms with Crippen LogP contribution in [0, 0.1) is 0 Å². The summed E-state index contributed by atoms with van der Waals surface area (Å²) in [5, 5.41) is 9.36. The van der Waals surface area contributed by atoms with Crippen molar-refractivity contribution in [1.82, 2.24) is 19.7 Å². The van der Waals surface area contributed by atoms with Gasteiger partial charge in [0.25, 0.3) is 11.8 Å². The minimum atomic E-state index is -0.357. The molecule has 0 aliphatic heterocycles. The van der Waals surface area contributed by atoms with E-state index >= 15 is 0 Å². The van der Waals surface area contributed by atoms with Gasteiger partial charge in [-0.15, -0.1) is 5.10 Å². The van der Waals surface area contributed by atoms with Gasteiger partial charge in [0.2, 0.25) is 11.8 Å². The van der Waals surface area contributed by atoms with Crippen molar-refractivity contribution in [1.29, 1.82) is 0 Å². The monoisotopic (exact) mass is 352 g/mol. The van der Waals surface area contributed by atoms with Crippen LogP contribution in [0.4, 0.5) is 11.6 Å². The summed E-state index contributed by atoms with van der Waals surface area (Å²) in [6.45, 7) is 0. The number of hydrogen-bond donors (Lipinski definition) is 2. The maximum absolute atomic E-state index is 12.3. The topological polar surface area (TPSA) is 111 Å². The Labute approximate surface area is 149 Å². The molecule has 0 radical (unpaired) electrons. The van der Waals surface area contributed by atoms with E-state index in [4.69, 9.17) is 4.74 Å². The van der Waals surface area contributed by atoms with Crippen molar-refractivity contribution < 1.29 is 14.3 Å². The van der Waals surface area contributed by atoms with E-state index in [2.05, 4.69) is 25.7 Å². The lowest BCUT2D eigenvalue weighted by molar-refractivity contribution is 0.101. The van der Waals surface area contributed by atoms with Crippen molar-refractivity contribution in [3.05, 3.63) is 60.0 Å². The number of aryl methyl sites for hydroxylation is 1. The summed E-state index contributed by atoms with van der Waals surface area (Å²) in [5.41, 5.74) is 1.26. The van der Waals surface area contributed by atoms with Crippen LogP contribution < -0.4 is 15.4 Å². The Morgan fingerprint density at radius 3 is 2.38 bits per heavy atom. The minimum absolute atomic E-state index is 0.221. The molecule has 0 spiro atoms. The van der Waals surface area contributed by atoms with E-state index < -0.39 is 0 Å². The Kier molecular flexibility index (Phi) is 4.88. The van der Waals surface area contributed by atoms with Crippen LogP contribution in [0.5, 0.6) is 5.88 Å². The number of carbonyl (C=O) groups is 2. The molecule has 1 aromatic carbocycles. The fraction of sp³-hybridized carbons (Fsp3) is 0.118. The van der Waals surface area contributed by atoms with E-state index in [9.17, 15) is 9.59 Å². The van der Waals surface area contributed by atoms with Gasteiger partial charge in [0.15, 0.2) is 0 Å². The molecular weight excluding hydrogens is 336 g/mol. The maximum atomic E-state index is 12.3. The average Bonchev–Trinajstić information content (AvgIpc) is 3.04. The predicted molar refractivity (Wildman–Crippen MR) is 94.1 cm³/mol. The van der Waals surface area contributed by atoms with Crippen LogP contribution in [0.15, 0.2) is 48.9 Å². The van der Waals surface area contributed by atoms with Gasteiger partial charge < -0.3 is 10.1 Å². The lowest BCUT2D eigenvalue weighted by Gasteiger charge is -2.07. The van der Waals surface area contributed by atoms with Gasteiger partial charge in [-0.25, -0.2) is 9.97 Å². The molecule has 0 saturated heterocycles. The van der Waals surface area contributed by atoms with Crippen LogP contribution in [0.25, 0.3) is 0 Å². The molecule has 9 heteroatoms. The molecule has 9 nitrogen and oxygen atoms in total. The van der Waals surface area contributed by atoms with Gasteiger partial charge in [0.1, 0.15) is 5.56 Å². The highest BCUT2D eigenvalue weighted by atomic mass is 16.5. The largest absolute Gasteiger partial charge is 0.479 e. The molecule has 3 aromatic rings. The zero-order valence-electron chi connectivity index (χ0n) is 14.1. The minimum Gasteiger partial charge on any atom is -0.479 e. The number of aromatic nitrogens is 4. The standard InChI is InChI=1S/C17H16N6O3/c1-23-10-13(16(22-23)26-2)15(25)20-12-6-4-11(5-7-12)14(24)21-17-18-8-3-9-19-17/h3-10H,1-2H3,(H,20,25)(H,18,19,21,24). The van der Waals surface area contributed by atoms with E-state index in [0.717, 1.165) is 0 Å². The third kappa shape index (κ3) is 3.83. The first-order chi connectivity index (χ1) is 12.6. The van der Waals surface area contributed by atoms with Gasteiger partial charge in [-0.3, -0.25) is 19.6 Å². The number of rotatable bonds is 5. The first-order valence-electron chi connectivity index (χ1n) is 7.64. The molecule has 2 aromatic heterocycles.